The zero-order valence-electron chi connectivity index (χ0n) is 21.9. The first-order valence-electron chi connectivity index (χ1n) is 15.2. The number of fused-ring (bicyclic) bond motifs is 1. The molecule has 5 atom stereocenters. The van der Waals surface area contributed by atoms with Gasteiger partial charge < -0.3 is 0 Å². The van der Waals surface area contributed by atoms with Crippen molar-refractivity contribution in [2.75, 3.05) is 0 Å². The van der Waals surface area contributed by atoms with Gasteiger partial charge in [0.2, 0.25) is 0 Å². The zero-order valence-corrected chi connectivity index (χ0v) is 21.9. The highest BCUT2D eigenvalue weighted by Gasteiger charge is 2.47. The number of hydrogen-bond donors (Lipinski definition) is 0. The van der Waals surface area contributed by atoms with E-state index < -0.39 is 0 Å². The fourth-order valence-electron chi connectivity index (χ4n) is 8.47. The summed E-state index contributed by atoms with van der Waals surface area (Å²) in [4.78, 5) is 0. The van der Waals surface area contributed by atoms with E-state index in [9.17, 15) is 0 Å². The molecule has 4 aliphatic carbocycles. The summed E-state index contributed by atoms with van der Waals surface area (Å²) in [6.45, 7) is 7.33. The number of unbranched alkanes of at least 4 members (excludes halogenated alkanes) is 1. The van der Waals surface area contributed by atoms with Gasteiger partial charge >= 0.3 is 0 Å². The molecule has 4 saturated carbocycles. The Morgan fingerprint density at radius 2 is 1.19 bits per heavy atom. The third kappa shape index (κ3) is 7.78. The molecule has 0 heteroatoms. The van der Waals surface area contributed by atoms with Crippen LogP contribution in [0.1, 0.15) is 156 Å². The van der Waals surface area contributed by atoms with Crippen LogP contribution in [0.15, 0.2) is 0 Å². The fraction of sp³-hybridized carbons (Fsp3) is 1.00. The summed E-state index contributed by atoms with van der Waals surface area (Å²) in [5, 5.41) is 0. The molecule has 4 rings (SSSR count). The standard InChI is InChI=1S/C20H36.C11H22/c1-3-4-12-18-15(2)14-17-11-8-13-19(17)20(18)16-9-6-5-7-10-16;1-2-11-9-7-5-3-4-6-8-10-11/h15-20H,3-14H2,1-2H3;11H,2-10H2,1H3. The molecule has 4 aliphatic rings. The largest absolute Gasteiger partial charge is 0.0654 e. The summed E-state index contributed by atoms with van der Waals surface area (Å²) >= 11 is 0. The van der Waals surface area contributed by atoms with Crippen molar-refractivity contribution in [2.24, 2.45) is 41.4 Å². The van der Waals surface area contributed by atoms with Crippen LogP contribution in [-0.2, 0) is 0 Å². The van der Waals surface area contributed by atoms with E-state index in [1.807, 2.05) is 0 Å². The summed E-state index contributed by atoms with van der Waals surface area (Å²) in [5.41, 5.74) is 0. The Balaban J connectivity index is 0.000000210. The van der Waals surface area contributed by atoms with Gasteiger partial charge in [-0.1, -0.05) is 136 Å². The Kier molecular flexibility index (Phi) is 11.8. The van der Waals surface area contributed by atoms with E-state index in [2.05, 4.69) is 20.8 Å². The highest BCUT2D eigenvalue weighted by molar-refractivity contribution is 4.96. The Morgan fingerprint density at radius 1 is 0.613 bits per heavy atom. The summed E-state index contributed by atoms with van der Waals surface area (Å²) in [6, 6.07) is 0. The molecule has 0 nitrogen and oxygen atoms in total. The van der Waals surface area contributed by atoms with Gasteiger partial charge in [-0.15, -0.1) is 0 Å². The lowest BCUT2D eigenvalue weighted by atomic mass is 9.56. The smallest absolute Gasteiger partial charge is 0.0324 e. The van der Waals surface area contributed by atoms with E-state index in [1.54, 1.807) is 44.9 Å². The van der Waals surface area contributed by atoms with Gasteiger partial charge in [-0.3, -0.25) is 0 Å². The molecule has 0 heterocycles. The van der Waals surface area contributed by atoms with E-state index >= 15 is 0 Å². The van der Waals surface area contributed by atoms with Crippen LogP contribution < -0.4 is 0 Å². The van der Waals surface area contributed by atoms with Crippen LogP contribution in [-0.4, -0.2) is 0 Å². The van der Waals surface area contributed by atoms with Crippen molar-refractivity contribution in [2.45, 2.75) is 156 Å². The summed E-state index contributed by atoms with van der Waals surface area (Å²) in [6.07, 6.45) is 31.9. The molecule has 31 heavy (non-hydrogen) atoms. The maximum absolute atomic E-state index is 2.60. The second-order valence-corrected chi connectivity index (χ2v) is 12.3. The van der Waals surface area contributed by atoms with Gasteiger partial charge in [0.15, 0.2) is 0 Å². The normalized spacial score (nSPS) is 35.9. The molecule has 0 aromatic carbocycles. The Hall–Kier alpha value is 0. The van der Waals surface area contributed by atoms with Crippen molar-refractivity contribution >= 4 is 0 Å². The van der Waals surface area contributed by atoms with Crippen LogP contribution in [0.5, 0.6) is 0 Å². The summed E-state index contributed by atoms with van der Waals surface area (Å²) < 4.78 is 0. The van der Waals surface area contributed by atoms with E-state index in [1.165, 1.54) is 89.9 Å². The summed E-state index contributed by atoms with van der Waals surface area (Å²) in [5.74, 6) is 7.65. The molecule has 5 unspecified atom stereocenters. The predicted octanol–water partition coefficient (Wildman–Crippen LogP) is 10.6. The molecule has 0 N–H and O–H groups in total. The number of hydrogen-bond acceptors (Lipinski definition) is 0. The van der Waals surface area contributed by atoms with Crippen LogP contribution in [0.3, 0.4) is 0 Å². The molecule has 0 aliphatic heterocycles. The SMILES string of the molecule is CCC1CCCCCCCC1.CCCCC1C(C)CC2CCCC2C1C1CCCCC1. The van der Waals surface area contributed by atoms with E-state index in [-0.39, 0.29) is 0 Å². The lowest BCUT2D eigenvalue weighted by Crippen LogP contribution is -2.41. The van der Waals surface area contributed by atoms with Crippen LogP contribution in [0, 0.1) is 41.4 Å². The third-order valence-electron chi connectivity index (χ3n) is 10.2. The topological polar surface area (TPSA) is 0 Å². The second-order valence-electron chi connectivity index (χ2n) is 12.3. The Bertz CT molecular complexity index is 437. The molecule has 0 bridgehead atoms. The molecule has 0 amide bonds. The van der Waals surface area contributed by atoms with Gasteiger partial charge in [0.25, 0.3) is 0 Å². The molecule has 0 saturated heterocycles. The summed E-state index contributed by atoms with van der Waals surface area (Å²) in [7, 11) is 0. The van der Waals surface area contributed by atoms with E-state index in [0.29, 0.717) is 0 Å². The average Bonchev–Trinajstić information content (AvgIpc) is 3.30. The van der Waals surface area contributed by atoms with Crippen LogP contribution in [0.2, 0.25) is 0 Å². The average molecular weight is 431 g/mol. The quantitative estimate of drug-likeness (QED) is 0.407. The van der Waals surface area contributed by atoms with Gasteiger partial charge in [0.05, 0.1) is 0 Å². The van der Waals surface area contributed by atoms with Gasteiger partial charge in [-0.05, 0) is 60.7 Å². The number of rotatable bonds is 5. The lowest BCUT2D eigenvalue weighted by molar-refractivity contribution is 0.00254. The maximum atomic E-state index is 2.60. The maximum Gasteiger partial charge on any atom is -0.0324 e. The molecule has 4 fully saturated rings. The van der Waals surface area contributed by atoms with Crippen molar-refractivity contribution in [3.8, 4) is 0 Å². The minimum absolute atomic E-state index is 1.02. The second kappa shape index (κ2) is 14.3. The first-order chi connectivity index (χ1) is 15.2. The van der Waals surface area contributed by atoms with Crippen molar-refractivity contribution in [3.05, 3.63) is 0 Å². The molecule has 0 spiro atoms. The lowest BCUT2D eigenvalue weighted by Gasteiger charge is -2.49. The van der Waals surface area contributed by atoms with Gasteiger partial charge in [0, 0.05) is 0 Å². The Morgan fingerprint density at radius 3 is 1.84 bits per heavy atom. The molecular formula is C31H58. The van der Waals surface area contributed by atoms with Crippen molar-refractivity contribution in [1.29, 1.82) is 0 Å². The third-order valence-corrected chi connectivity index (χ3v) is 10.2. The first-order valence-corrected chi connectivity index (χ1v) is 15.2. The molecular weight excluding hydrogens is 372 g/mol. The fourth-order valence-corrected chi connectivity index (χ4v) is 8.47. The van der Waals surface area contributed by atoms with Gasteiger partial charge in [0.1, 0.15) is 0 Å². The molecule has 182 valence electrons. The molecule has 0 aromatic heterocycles. The Labute approximate surface area is 197 Å². The highest BCUT2D eigenvalue weighted by Crippen LogP contribution is 2.55. The predicted molar refractivity (Wildman–Crippen MR) is 138 cm³/mol. The van der Waals surface area contributed by atoms with Gasteiger partial charge in [-0.2, -0.15) is 0 Å². The zero-order chi connectivity index (χ0) is 21.9. The van der Waals surface area contributed by atoms with Crippen molar-refractivity contribution in [3.63, 3.8) is 0 Å². The van der Waals surface area contributed by atoms with Crippen LogP contribution >= 0.6 is 0 Å². The monoisotopic (exact) mass is 430 g/mol. The van der Waals surface area contributed by atoms with Gasteiger partial charge in [-0.25, -0.2) is 0 Å². The van der Waals surface area contributed by atoms with Crippen molar-refractivity contribution < 1.29 is 0 Å². The highest BCUT2D eigenvalue weighted by atomic mass is 14.5. The van der Waals surface area contributed by atoms with Crippen molar-refractivity contribution in [1.82, 2.24) is 0 Å². The minimum Gasteiger partial charge on any atom is -0.0654 e. The molecule has 0 radical (unpaired) electrons. The van der Waals surface area contributed by atoms with Crippen LogP contribution in [0.25, 0.3) is 0 Å². The minimum atomic E-state index is 1.02. The first kappa shape index (κ1) is 25.6. The molecule has 0 aromatic rings. The van der Waals surface area contributed by atoms with Crippen LogP contribution in [0.4, 0.5) is 0 Å². The van der Waals surface area contributed by atoms with E-state index in [0.717, 1.165) is 41.4 Å². The van der Waals surface area contributed by atoms with E-state index in [4.69, 9.17) is 0 Å².